The molecule has 1 saturated heterocycles. The molecular formula is C25H21FN5O3. The maximum Gasteiger partial charge on any atom is 0.209 e. The van der Waals surface area contributed by atoms with Crippen LogP contribution in [0, 0.1) is 11.8 Å². The van der Waals surface area contributed by atoms with Crippen molar-refractivity contribution >= 4 is 17.0 Å². The van der Waals surface area contributed by atoms with Crippen molar-refractivity contribution in [1.29, 1.82) is 0 Å². The fourth-order valence-electron chi connectivity index (χ4n) is 3.78. The summed E-state index contributed by atoms with van der Waals surface area (Å²) in [6.07, 6.45) is -4.32. The minimum Gasteiger partial charge on any atom is -0.387 e. The molecule has 1 radical (unpaired) electrons. The third-order valence-corrected chi connectivity index (χ3v) is 5.55. The lowest BCUT2D eigenvalue weighted by atomic mass is 10.1. The average Bonchev–Trinajstić information content (AvgIpc) is 3.43. The highest BCUT2D eigenvalue weighted by atomic mass is 19.1. The van der Waals surface area contributed by atoms with Gasteiger partial charge in [0.05, 0.1) is 6.33 Å². The summed E-state index contributed by atoms with van der Waals surface area (Å²) in [5, 5.41) is 24.6. The molecule has 0 aliphatic carbocycles. The summed E-state index contributed by atoms with van der Waals surface area (Å²) in [6.45, 7) is -0.272. The first-order valence-corrected chi connectivity index (χ1v) is 10.8. The van der Waals surface area contributed by atoms with Crippen LogP contribution in [0.2, 0.25) is 0 Å². The van der Waals surface area contributed by atoms with Crippen molar-refractivity contribution in [3.8, 4) is 11.8 Å². The first-order chi connectivity index (χ1) is 16.6. The van der Waals surface area contributed by atoms with Crippen LogP contribution in [0.25, 0.3) is 11.2 Å². The lowest BCUT2D eigenvalue weighted by Crippen LogP contribution is -2.30. The number of aliphatic hydroxyl groups is 1. The van der Waals surface area contributed by atoms with Crippen molar-refractivity contribution in [1.82, 2.24) is 19.5 Å². The third-order valence-electron chi connectivity index (χ3n) is 5.55. The molecule has 4 aromatic rings. The SMILES string of the molecule is [O]C[C@H]1O[C@@H](n2cnc3c(NCc4ccccc4)nc(C#Cc4ccccc4)nc32)[C@@H](F)[C@@H]1O. The molecule has 0 spiro atoms. The third kappa shape index (κ3) is 4.34. The summed E-state index contributed by atoms with van der Waals surface area (Å²) in [5.41, 5.74) is 2.52. The van der Waals surface area contributed by atoms with E-state index in [4.69, 9.17) is 4.74 Å². The zero-order valence-corrected chi connectivity index (χ0v) is 18.0. The number of hydrogen-bond donors (Lipinski definition) is 2. The van der Waals surface area contributed by atoms with Crippen LogP contribution < -0.4 is 5.32 Å². The average molecular weight is 458 g/mol. The Bertz CT molecular complexity index is 1340. The van der Waals surface area contributed by atoms with E-state index in [1.807, 2.05) is 60.7 Å². The smallest absolute Gasteiger partial charge is 0.209 e. The predicted molar refractivity (Wildman–Crippen MR) is 122 cm³/mol. The zero-order chi connectivity index (χ0) is 23.5. The number of aromatic nitrogens is 4. The molecule has 2 aromatic heterocycles. The second-order valence-corrected chi connectivity index (χ2v) is 7.84. The standard InChI is InChI=1S/C25H21FN5O3/c26-20-22(33)18(14-32)34-25(20)31-15-28-21-23(27-13-17-9-5-2-6-10-17)29-19(30-24(21)31)12-11-16-7-3-1-4-8-16/h1-10,15,18,20,22,25,33H,13-14H2,(H,27,29,30)/t18-,20+,22-,25-/m1/s1. The fourth-order valence-corrected chi connectivity index (χ4v) is 3.78. The highest BCUT2D eigenvalue weighted by Crippen LogP contribution is 2.34. The molecule has 2 aromatic carbocycles. The molecule has 3 heterocycles. The van der Waals surface area contributed by atoms with Gasteiger partial charge in [0.25, 0.3) is 0 Å². The molecule has 0 unspecified atom stereocenters. The van der Waals surface area contributed by atoms with Crippen molar-refractivity contribution in [2.45, 2.75) is 31.2 Å². The van der Waals surface area contributed by atoms with Crippen molar-refractivity contribution in [2.75, 3.05) is 11.9 Å². The van der Waals surface area contributed by atoms with Gasteiger partial charge < -0.3 is 15.2 Å². The summed E-state index contributed by atoms with van der Waals surface area (Å²) in [4.78, 5) is 13.4. The van der Waals surface area contributed by atoms with E-state index in [9.17, 15) is 14.6 Å². The van der Waals surface area contributed by atoms with Crippen LogP contribution in [-0.4, -0.2) is 49.6 Å². The van der Waals surface area contributed by atoms with Crippen LogP contribution in [0.1, 0.15) is 23.2 Å². The predicted octanol–water partition coefficient (Wildman–Crippen LogP) is 2.87. The largest absolute Gasteiger partial charge is 0.387 e. The molecule has 1 fully saturated rings. The number of hydrogen-bond acceptors (Lipinski definition) is 6. The fraction of sp³-hybridized carbons (Fsp3) is 0.240. The topological polar surface area (TPSA) is 105 Å². The number of nitrogens with one attached hydrogen (secondary N) is 1. The molecule has 0 saturated carbocycles. The highest BCUT2D eigenvalue weighted by molar-refractivity contribution is 5.83. The molecule has 5 rings (SSSR count). The second kappa shape index (κ2) is 9.57. The molecule has 8 nitrogen and oxygen atoms in total. The van der Waals surface area contributed by atoms with Crippen LogP contribution >= 0.6 is 0 Å². The van der Waals surface area contributed by atoms with Gasteiger partial charge in [-0.25, -0.2) is 24.4 Å². The Morgan fingerprint density at radius 2 is 1.79 bits per heavy atom. The minimum absolute atomic E-state index is 0.211. The van der Waals surface area contributed by atoms with Crippen molar-refractivity contribution in [3.05, 3.63) is 83.9 Å². The molecule has 0 amide bonds. The Hall–Kier alpha value is -3.84. The number of anilines is 1. The Morgan fingerprint density at radius 1 is 1.06 bits per heavy atom. The monoisotopic (exact) mass is 458 g/mol. The van der Waals surface area contributed by atoms with Gasteiger partial charge in [0, 0.05) is 12.1 Å². The lowest BCUT2D eigenvalue weighted by Gasteiger charge is -2.15. The molecule has 9 heteroatoms. The van der Waals surface area contributed by atoms with Crippen molar-refractivity contribution in [3.63, 3.8) is 0 Å². The van der Waals surface area contributed by atoms with Crippen LogP contribution in [0.15, 0.2) is 67.0 Å². The molecule has 1 aliphatic heterocycles. The van der Waals surface area contributed by atoms with Crippen LogP contribution in [0.4, 0.5) is 10.2 Å². The van der Waals surface area contributed by atoms with Gasteiger partial charge in [0.2, 0.25) is 5.82 Å². The van der Waals surface area contributed by atoms with E-state index >= 15 is 0 Å². The number of benzene rings is 2. The first-order valence-electron chi connectivity index (χ1n) is 10.8. The van der Waals surface area contributed by atoms with Crippen LogP contribution in [0.5, 0.6) is 0 Å². The Kier molecular flexibility index (Phi) is 6.18. The summed E-state index contributed by atoms with van der Waals surface area (Å²) < 4.78 is 21.7. The molecule has 171 valence electrons. The van der Waals surface area contributed by atoms with E-state index in [1.54, 1.807) is 0 Å². The van der Waals surface area contributed by atoms with Gasteiger partial charge in [-0.1, -0.05) is 54.5 Å². The van der Waals surface area contributed by atoms with E-state index in [0.29, 0.717) is 17.9 Å². The summed E-state index contributed by atoms with van der Waals surface area (Å²) >= 11 is 0. The number of alkyl halides is 1. The molecule has 4 atom stereocenters. The quantitative estimate of drug-likeness (QED) is 0.446. The van der Waals surface area contributed by atoms with E-state index in [-0.39, 0.29) is 11.5 Å². The van der Waals surface area contributed by atoms with Gasteiger partial charge in [-0.15, -0.1) is 0 Å². The summed E-state index contributed by atoms with van der Waals surface area (Å²) in [7, 11) is 0. The van der Waals surface area contributed by atoms with E-state index in [1.165, 1.54) is 10.9 Å². The first kappa shape index (κ1) is 22.0. The highest BCUT2D eigenvalue weighted by Gasteiger charge is 2.45. The van der Waals surface area contributed by atoms with Crippen molar-refractivity contribution < 1.29 is 19.3 Å². The zero-order valence-electron chi connectivity index (χ0n) is 18.0. The number of halogens is 1. The summed E-state index contributed by atoms with van der Waals surface area (Å²) in [6, 6.07) is 19.2. The minimum atomic E-state index is -1.80. The number of imidazole rings is 1. The molecule has 34 heavy (non-hydrogen) atoms. The van der Waals surface area contributed by atoms with Gasteiger partial charge in [0.15, 0.2) is 29.4 Å². The molecule has 1 aliphatic rings. The number of aliphatic hydroxyl groups excluding tert-OH is 1. The number of ether oxygens (including phenoxy) is 1. The summed E-state index contributed by atoms with van der Waals surface area (Å²) in [5.74, 6) is 6.61. The van der Waals surface area contributed by atoms with Gasteiger partial charge in [-0.2, -0.15) is 0 Å². The molecule has 2 N–H and O–H groups in total. The van der Waals surface area contributed by atoms with Gasteiger partial charge in [-0.05, 0) is 23.6 Å². The Balaban J connectivity index is 1.55. The normalized spacial score (nSPS) is 21.9. The maximum absolute atomic E-state index is 14.8. The van der Waals surface area contributed by atoms with E-state index in [2.05, 4.69) is 32.1 Å². The van der Waals surface area contributed by atoms with Gasteiger partial charge >= 0.3 is 0 Å². The Labute approximate surface area is 195 Å². The van der Waals surface area contributed by atoms with E-state index < -0.39 is 31.2 Å². The maximum atomic E-state index is 14.8. The van der Waals surface area contributed by atoms with E-state index in [0.717, 1.165) is 11.1 Å². The number of rotatable bonds is 5. The van der Waals surface area contributed by atoms with Crippen molar-refractivity contribution in [2.24, 2.45) is 0 Å². The Morgan fingerprint density at radius 3 is 2.50 bits per heavy atom. The number of nitrogens with zero attached hydrogens (tertiary/aromatic N) is 4. The number of fused-ring (bicyclic) bond motifs is 1. The molecule has 0 bridgehead atoms. The second-order valence-electron chi connectivity index (χ2n) is 7.84. The van der Waals surface area contributed by atoms with Crippen LogP contribution in [0.3, 0.4) is 0 Å². The molecular weight excluding hydrogens is 437 g/mol. The lowest BCUT2D eigenvalue weighted by molar-refractivity contribution is -0.0593. The van der Waals surface area contributed by atoms with Gasteiger partial charge in [0.1, 0.15) is 18.8 Å². The van der Waals surface area contributed by atoms with Gasteiger partial charge in [-0.3, -0.25) is 4.57 Å². The van der Waals surface area contributed by atoms with Crippen LogP contribution in [-0.2, 0) is 16.4 Å².